The number of nitrogens with zero attached hydrogens (tertiary/aromatic N) is 1. The van der Waals surface area contributed by atoms with Gasteiger partial charge in [-0.15, -0.1) is 0 Å². The fourth-order valence-electron chi connectivity index (χ4n) is 2.71. The summed E-state index contributed by atoms with van der Waals surface area (Å²) >= 11 is 0. The van der Waals surface area contributed by atoms with Gasteiger partial charge in [0.25, 0.3) is 0 Å². The van der Waals surface area contributed by atoms with Gasteiger partial charge in [0.05, 0.1) is 24.9 Å². The highest BCUT2D eigenvalue weighted by atomic mass is 32.2. The van der Waals surface area contributed by atoms with Gasteiger partial charge >= 0.3 is 10.3 Å². The Morgan fingerprint density at radius 1 is 1.22 bits per heavy atom. The molecular formula is C18H32FNO6S. The third kappa shape index (κ3) is 7.14. The number of carbonyl (C=O) groups is 1. The van der Waals surface area contributed by atoms with Crippen LogP contribution >= 0.6 is 0 Å². The zero-order valence-electron chi connectivity index (χ0n) is 16.5. The van der Waals surface area contributed by atoms with Gasteiger partial charge in [-0.25, -0.2) is 4.31 Å². The molecule has 0 aromatic carbocycles. The van der Waals surface area contributed by atoms with Crippen molar-refractivity contribution in [2.75, 3.05) is 13.3 Å². The first kappa shape index (κ1) is 24.0. The van der Waals surface area contributed by atoms with E-state index in [1.807, 2.05) is 0 Å². The van der Waals surface area contributed by atoms with Gasteiger partial charge in [-0.05, 0) is 19.8 Å². The lowest BCUT2D eigenvalue weighted by Gasteiger charge is -2.38. The van der Waals surface area contributed by atoms with Gasteiger partial charge in [-0.2, -0.15) is 8.42 Å². The molecule has 2 N–H and O–H groups in total. The van der Waals surface area contributed by atoms with Gasteiger partial charge in [0.2, 0.25) is 5.91 Å². The topological polar surface area (TPSA) is 104 Å². The zero-order chi connectivity index (χ0) is 20.9. The van der Waals surface area contributed by atoms with Crippen molar-refractivity contribution in [2.24, 2.45) is 5.41 Å². The Hall–Kier alpha value is -1.03. The first-order valence-electron chi connectivity index (χ1n) is 9.21. The molecule has 158 valence electrons. The predicted molar refractivity (Wildman–Crippen MR) is 99.8 cm³/mol. The first-order valence-corrected chi connectivity index (χ1v) is 10.6. The van der Waals surface area contributed by atoms with Crippen LogP contribution in [0.5, 0.6) is 0 Å². The van der Waals surface area contributed by atoms with Gasteiger partial charge < -0.3 is 10.2 Å². The van der Waals surface area contributed by atoms with Crippen molar-refractivity contribution in [3.8, 4) is 0 Å². The number of aliphatic hydroxyl groups is 2. The lowest BCUT2D eigenvalue weighted by atomic mass is 9.93. The highest BCUT2D eigenvalue weighted by Gasteiger charge is 2.46. The predicted octanol–water partition coefficient (Wildman–Crippen LogP) is 2.09. The second kappa shape index (κ2) is 9.45. The van der Waals surface area contributed by atoms with Crippen LogP contribution in [-0.4, -0.2) is 59.9 Å². The molecule has 0 aliphatic carbocycles. The summed E-state index contributed by atoms with van der Waals surface area (Å²) in [5, 5.41) is 20.7. The Morgan fingerprint density at radius 2 is 1.81 bits per heavy atom. The standard InChI is InChI=1S/C18H32FNO6S/c1-17(2,3)16(22)20-14(15(21)13-26-27(20,24)25)9-11-18(4,23)10-7-5-6-8-12-19/h9,11,14-15,21,23H,5-8,10,12-13H2,1-4H3. The number of unbranched alkanes of at least 4 members (excludes halogenated alkanes) is 3. The molecule has 0 radical (unpaired) electrons. The number of hydrogen-bond donors (Lipinski definition) is 2. The Kier molecular flexibility index (Phi) is 8.40. The number of rotatable bonds is 8. The summed E-state index contributed by atoms with van der Waals surface area (Å²) in [5.74, 6) is -0.707. The van der Waals surface area contributed by atoms with Crippen LogP contribution in [0.15, 0.2) is 12.2 Å². The van der Waals surface area contributed by atoms with E-state index in [1.54, 1.807) is 27.7 Å². The molecule has 0 aromatic rings. The Bertz CT molecular complexity index is 626. The maximum atomic E-state index is 12.6. The molecule has 1 saturated heterocycles. The Balaban J connectivity index is 2.94. The molecule has 0 saturated carbocycles. The average Bonchev–Trinajstić information content (AvgIpc) is 2.54. The Labute approximate surface area is 161 Å². The molecule has 1 aliphatic rings. The van der Waals surface area contributed by atoms with E-state index in [2.05, 4.69) is 4.18 Å². The van der Waals surface area contributed by atoms with E-state index in [4.69, 9.17) is 0 Å². The number of halogens is 1. The van der Waals surface area contributed by atoms with Crippen LogP contribution in [0.1, 0.15) is 59.8 Å². The van der Waals surface area contributed by atoms with Crippen LogP contribution in [0.3, 0.4) is 0 Å². The molecule has 1 aliphatic heterocycles. The van der Waals surface area contributed by atoms with E-state index < -0.39 is 46.0 Å². The molecule has 9 heteroatoms. The molecule has 1 amide bonds. The minimum Gasteiger partial charge on any atom is -0.388 e. The van der Waals surface area contributed by atoms with Gasteiger partial charge in [-0.1, -0.05) is 52.2 Å². The molecule has 27 heavy (non-hydrogen) atoms. The summed E-state index contributed by atoms with van der Waals surface area (Å²) in [6.45, 7) is 5.45. The molecule has 3 atom stereocenters. The summed E-state index contributed by atoms with van der Waals surface area (Å²) in [7, 11) is -4.33. The molecule has 1 heterocycles. The molecule has 1 rings (SSSR count). The zero-order valence-corrected chi connectivity index (χ0v) is 17.3. The van der Waals surface area contributed by atoms with Crippen molar-refractivity contribution in [1.82, 2.24) is 4.31 Å². The fourth-order valence-corrected chi connectivity index (χ4v) is 4.12. The smallest absolute Gasteiger partial charge is 0.365 e. The minimum atomic E-state index is -4.33. The SMILES string of the molecule is CC(O)(C=CC1C(O)COS(=O)(=O)N1C(=O)C(C)(C)C)CCCCCCF. The second-order valence-electron chi connectivity index (χ2n) is 8.22. The van der Waals surface area contributed by atoms with E-state index in [1.165, 1.54) is 12.2 Å². The summed E-state index contributed by atoms with van der Waals surface area (Å²) in [4.78, 5) is 12.6. The van der Waals surface area contributed by atoms with Gasteiger partial charge in [0.1, 0.15) is 6.10 Å². The number of alkyl halides is 1. The van der Waals surface area contributed by atoms with Crippen molar-refractivity contribution < 1.29 is 32.0 Å². The van der Waals surface area contributed by atoms with E-state index in [-0.39, 0.29) is 6.67 Å². The summed E-state index contributed by atoms with van der Waals surface area (Å²) in [5.41, 5.74) is -2.24. The van der Waals surface area contributed by atoms with Gasteiger partial charge in [-0.3, -0.25) is 13.4 Å². The third-order valence-electron chi connectivity index (χ3n) is 4.35. The highest BCUT2D eigenvalue weighted by Crippen LogP contribution is 2.28. The minimum absolute atomic E-state index is 0.357. The van der Waals surface area contributed by atoms with Crippen LogP contribution in [0.2, 0.25) is 0 Å². The lowest BCUT2D eigenvalue weighted by Crippen LogP contribution is -2.58. The largest absolute Gasteiger partial charge is 0.388 e. The van der Waals surface area contributed by atoms with Crippen LogP contribution in [0.4, 0.5) is 4.39 Å². The monoisotopic (exact) mass is 409 g/mol. The molecule has 1 fully saturated rings. The molecule has 0 aromatic heterocycles. The van der Waals surface area contributed by atoms with Crippen LogP contribution in [0.25, 0.3) is 0 Å². The van der Waals surface area contributed by atoms with Crippen LogP contribution in [0, 0.1) is 5.41 Å². The number of carbonyl (C=O) groups excluding carboxylic acids is 1. The normalized spacial score (nSPS) is 25.5. The first-order chi connectivity index (χ1) is 12.3. The maximum Gasteiger partial charge on any atom is 0.365 e. The van der Waals surface area contributed by atoms with Crippen LogP contribution < -0.4 is 0 Å². The quantitative estimate of drug-likeness (QED) is 0.470. The lowest BCUT2D eigenvalue weighted by molar-refractivity contribution is -0.139. The van der Waals surface area contributed by atoms with E-state index >= 15 is 0 Å². The molecule has 0 bridgehead atoms. The van der Waals surface area contributed by atoms with Gasteiger partial charge in [0, 0.05) is 5.41 Å². The molecule has 0 spiro atoms. The maximum absolute atomic E-state index is 12.6. The van der Waals surface area contributed by atoms with Crippen molar-refractivity contribution >= 4 is 16.2 Å². The fraction of sp³-hybridized carbons (Fsp3) is 0.833. The highest BCUT2D eigenvalue weighted by molar-refractivity contribution is 7.85. The summed E-state index contributed by atoms with van der Waals surface area (Å²) in [6, 6.07) is -1.16. The van der Waals surface area contributed by atoms with Gasteiger partial charge in [0.15, 0.2) is 0 Å². The number of aliphatic hydroxyl groups excluding tert-OH is 1. The number of hydrogen-bond acceptors (Lipinski definition) is 6. The average molecular weight is 410 g/mol. The van der Waals surface area contributed by atoms with Crippen molar-refractivity contribution in [1.29, 1.82) is 0 Å². The summed E-state index contributed by atoms with van der Waals surface area (Å²) < 4.78 is 41.8. The third-order valence-corrected chi connectivity index (χ3v) is 5.68. The van der Waals surface area contributed by atoms with Crippen molar-refractivity contribution in [3.63, 3.8) is 0 Å². The second-order valence-corrected chi connectivity index (χ2v) is 9.71. The molecule has 3 unspecified atom stereocenters. The van der Waals surface area contributed by atoms with E-state index in [0.717, 1.165) is 12.8 Å². The number of amides is 1. The van der Waals surface area contributed by atoms with Crippen LogP contribution in [-0.2, 0) is 19.3 Å². The summed E-state index contributed by atoms with van der Waals surface area (Å²) in [6.07, 6.45) is 4.59. The van der Waals surface area contributed by atoms with E-state index in [9.17, 15) is 27.8 Å². The van der Waals surface area contributed by atoms with Crippen molar-refractivity contribution in [3.05, 3.63) is 12.2 Å². The van der Waals surface area contributed by atoms with Crippen molar-refractivity contribution in [2.45, 2.75) is 77.5 Å². The van der Waals surface area contributed by atoms with E-state index in [0.29, 0.717) is 23.6 Å². The molecule has 7 nitrogen and oxygen atoms in total. The molecular weight excluding hydrogens is 377 g/mol. The Morgan fingerprint density at radius 3 is 2.37 bits per heavy atom.